The van der Waals surface area contributed by atoms with Crippen molar-refractivity contribution in [2.24, 2.45) is 0 Å². The summed E-state index contributed by atoms with van der Waals surface area (Å²) >= 11 is 5.01. The third-order valence-corrected chi connectivity index (χ3v) is 5.42. The lowest BCUT2D eigenvalue weighted by Crippen LogP contribution is -2.62. The SMILES string of the molecule is CCN1c2cc(Br)sc2C(=O)NC12CCCC2. The van der Waals surface area contributed by atoms with Gasteiger partial charge in [-0.15, -0.1) is 11.3 Å². The maximum Gasteiger partial charge on any atom is 0.265 e. The fraction of sp³-hybridized carbons (Fsp3) is 0.583. The van der Waals surface area contributed by atoms with E-state index in [1.165, 1.54) is 24.2 Å². The summed E-state index contributed by atoms with van der Waals surface area (Å²) in [6.45, 7) is 3.10. The lowest BCUT2D eigenvalue weighted by atomic mass is 10.0. The maximum absolute atomic E-state index is 12.2. The zero-order chi connectivity index (χ0) is 12.0. The van der Waals surface area contributed by atoms with Crippen LogP contribution in [-0.4, -0.2) is 18.1 Å². The van der Waals surface area contributed by atoms with Crippen molar-refractivity contribution in [3.63, 3.8) is 0 Å². The predicted octanol–water partition coefficient (Wildman–Crippen LogP) is 3.35. The Morgan fingerprint density at radius 2 is 2.24 bits per heavy atom. The van der Waals surface area contributed by atoms with E-state index in [9.17, 15) is 4.79 Å². The Morgan fingerprint density at radius 1 is 1.53 bits per heavy atom. The number of hydrogen-bond acceptors (Lipinski definition) is 3. The topological polar surface area (TPSA) is 32.3 Å². The van der Waals surface area contributed by atoms with Crippen LogP contribution < -0.4 is 10.2 Å². The number of fused-ring (bicyclic) bond motifs is 1. The molecule has 2 heterocycles. The molecule has 5 heteroatoms. The summed E-state index contributed by atoms with van der Waals surface area (Å²) in [5.41, 5.74) is 0.995. The highest BCUT2D eigenvalue weighted by atomic mass is 79.9. The van der Waals surface area contributed by atoms with Crippen molar-refractivity contribution in [1.29, 1.82) is 0 Å². The first kappa shape index (κ1) is 11.5. The number of hydrogen-bond donors (Lipinski definition) is 1. The molecule has 1 amide bonds. The van der Waals surface area contributed by atoms with E-state index in [1.807, 2.05) is 0 Å². The molecule has 1 aliphatic heterocycles. The molecule has 0 radical (unpaired) electrons. The Hall–Kier alpha value is -0.550. The largest absolute Gasteiger partial charge is 0.348 e. The first-order chi connectivity index (χ1) is 8.16. The van der Waals surface area contributed by atoms with Gasteiger partial charge in [-0.05, 0) is 54.6 Å². The average molecular weight is 315 g/mol. The Kier molecular flexibility index (Phi) is 2.70. The molecular formula is C12H15BrN2OS. The van der Waals surface area contributed by atoms with Gasteiger partial charge in [0.05, 0.1) is 9.47 Å². The van der Waals surface area contributed by atoms with Crippen molar-refractivity contribution in [2.75, 3.05) is 11.4 Å². The van der Waals surface area contributed by atoms with Gasteiger partial charge in [0, 0.05) is 6.54 Å². The molecule has 3 rings (SSSR count). The number of rotatable bonds is 1. The molecule has 1 spiro atoms. The second-order valence-corrected chi connectivity index (χ2v) is 7.13. The third-order valence-electron chi connectivity index (χ3n) is 3.79. The molecule has 0 atom stereocenters. The maximum atomic E-state index is 12.2. The van der Waals surface area contributed by atoms with Crippen LogP contribution in [-0.2, 0) is 0 Å². The standard InChI is InChI=1S/C12H15BrN2OS/c1-2-15-8-7-9(13)17-10(8)11(16)14-12(15)5-3-4-6-12/h7H,2-6H2,1H3,(H,14,16). The minimum absolute atomic E-state index is 0.0994. The van der Waals surface area contributed by atoms with Crippen LogP contribution in [0.3, 0.4) is 0 Å². The smallest absolute Gasteiger partial charge is 0.265 e. The lowest BCUT2D eigenvalue weighted by molar-refractivity contribution is 0.0887. The average Bonchev–Trinajstić information content (AvgIpc) is 2.87. The molecule has 1 saturated carbocycles. The van der Waals surface area contributed by atoms with E-state index in [0.717, 1.165) is 33.7 Å². The van der Waals surface area contributed by atoms with E-state index in [1.54, 1.807) is 0 Å². The Bertz CT molecular complexity index is 465. The summed E-state index contributed by atoms with van der Waals surface area (Å²) < 4.78 is 1.03. The summed E-state index contributed by atoms with van der Waals surface area (Å²) in [6, 6.07) is 2.09. The normalized spacial score (nSPS) is 21.8. The number of nitrogens with one attached hydrogen (secondary N) is 1. The minimum Gasteiger partial charge on any atom is -0.348 e. The van der Waals surface area contributed by atoms with Gasteiger partial charge in [-0.1, -0.05) is 0 Å². The highest BCUT2D eigenvalue weighted by molar-refractivity contribution is 9.11. The van der Waals surface area contributed by atoms with Crippen LogP contribution in [0.15, 0.2) is 9.85 Å². The lowest BCUT2D eigenvalue weighted by Gasteiger charge is -2.46. The Morgan fingerprint density at radius 3 is 2.88 bits per heavy atom. The van der Waals surface area contributed by atoms with E-state index in [-0.39, 0.29) is 11.6 Å². The quantitative estimate of drug-likeness (QED) is 0.862. The number of halogens is 1. The molecule has 1 N–H and O–H groups in total. The minimum atomic E-state index is -0.112. The molecule has 0 saturated heterocycles. The first-order valence-electron chi connectivity index (χ1n) is 6.06. The van der Waals surface area contributed by atoms with Crippen molar-refractivity contribution < 1.29 is 4.79 Å². The van der Waals surface area contributed by atoms with Crippen LogP contribution in [0.25, 0.3) is 0 Å². The Labute approximate surface area is 113 Å². The van der Waals surface area contributed by atoms with E-state index in [2.05, 4.69) is 39.1 Å². The third kappa shape index (κ3) is 1.63. The second kappa shape index (κ2) is 3.99. The second-order valence-electron chi connectivity index (χ2n) is 4.70. The van der Waals surface area contributed by atoms with Crippen LogP contribution in [0.1, 0.15) is 42.3 Å². The van der Waals surface area contributed by atoms with Gasteiger partial charge in [0.2, 0.25) is 0 Å². The molecule has 17 heavy (non-hydrogen) atoms. The summed E-state index contributed by atoms with van der Waals surface area (Å²) in [7, 11) is 0. The van der Waals surface area contributed by atoms with Crippen LogP contribution in [0.5, 0.6) is 0 Å². The van der Waals surface area contributed by atoms with Crippen molar-refractivity contribution in [3.8, 4) is 0 Å². The molecule has 92 valence electrons. The zero-order valence-electron chi connectivity index (χ0n) is 9.75. The zero-order valence-corrected chi connectivity index (χ0v) is 12.2. The molecule has 0 bridgehead atoms. The van der Waals surface area contributed by atoms with Gasteiger partial charge >= 0.3 is 0 Å². The Balaban J connectivity index is 2.11. The van der Waals surface area contributed by atoms with E-state index >= 15 is 0 Å². The van der Waals surface area contributed by atoms with Crippen LogP contribution in [0, 0.1) is 0 Å². The summed E-state index contributed by atoms with van der Waals surface area (Å²) in [4.78, 5) is 15.4. The fourth-order valence-electron chi connectivity index (χ4n) is 3.11. The van der Waals surface area contributed by atoms with Crippen LogP contribution in [0.4, 0.5) is 5.69 Å². The van der Waals surface area contributed by atoms with Gasteiger partial charge in [0.15, 0.2) is 0 Å². The van der Waals surface area contributed by atoms with Crippen molar-refractivity contribution in [2.45, 2.75) is 38.3 Å². The molecule has 1 aromatic heterocycles. The van der Waals surface area contributed by atoms with Gasteiger partial charge in [-0.25, -0.2) is 0 Å². The van der Waals surface area contributed by atoms with Crippen molar-refractivity contribution >= 4 is 38.9 Å². The number of amides is 1. The number of nitrogens with zero attached hydrogens (tertiary/aromatic N) is 1. The molecule has 0 aromatic carbocycles. The number of carbonyl (C=O) groups excluding carboxylic acids is 1. The van der Waals surface area contributed by atoms with Crippen molar-refractivity contribution in [1.82, 2.24) is 5.32 Å². The summed E-state index contributed by atoms with van der Waals surface area (Å²) in [5, 5.41) is 3.24. The molecule has 2 aliphatic rings. The molecule has 1 fully saturated rings. The molecule has 3 nitrogen and oxygen atoms in total. The van der Waals surface area contributed by atoms with E-state index < -0.39 is 0 Å². The number of anilines is 1. The number of carbonyl (C=O) groups is 1. The van der Waals surface area contributed by atoms with Gasteiger partial charge in [0.1, 0.15) is 10.5 Å². The monoisotopic (exact) mass is 314 g/mol. The predicted molar refractivity (Wildman–Crippen MR) is 73.7 cm³/mol. The number of thiophene rings is 1. The molecule has 1 aliphatic carbocycles. The first-order valence-corrected chi connectivity index (χ1v) is 7.67. The summed E-state index contributed by atoms with van der Waals surface area (Å²) in [6.07, 6.45) is 4.55. The fourth-order valence-corrected chi connectivity index (χ4v) is 4.59. The van der Waals surface area contributed by atoms with Crippen molar-refractivity contribution in [3.05, 3.63) is 14.7 Å². The van der Waals surface area contributed by atoms with Crippen LogP contribution in [0.2, 0.25) is 0 Å². The molecule has 1 aromatic rings. The van der Waals surface area contributed by atoms with Gasteiger partial charge in [0.25, 0.3) is 5.91 Å². The van der Waals surface area contributed by atoms with Gasteiger partial charge < -0.3 is 10.2 Å². The van der Waals surface area contributed by atoms with Gasteiger partial charge in [-0.3, -0.25) is 4.79 Å². The van der Waals surface area contributed by atoms with E-state index in [4.69, 9.17) is 0 Å². The molecule has 0 unspecified atom stereocenters. The van der Waals surface area contributed by atoms with Crippen LogP contribution >= 0.6 is 27.3 Å². The highest BCUT2D eigenvalue weighted by Gasteiger charge is 2.45. The van der Waals surface area contributed by atoms with Gasteiger partial charge in [-0.2, -0.15) is 0 Å². The van der Waals surface area contributed by atoms with E-state index in [0.29, 0.717) is 0 Å². The molecular weight excluding hydrogens is 300 g/mol. The summed E-state index contributed by atoms with van der Waals surface area (Å²) in [5.74, 6) is 0.0994. The highest BCUT2D eigenvalue weighted by Crippen LogP contribution is 2.44.